The largest absolute Gasteiger partial charge is 0.507 e. The van der Waals surface area contributed by atoms with Gasteiger partial charge in [-0.05, 0) is 79.8 Å². The molecule has 0 radical (unpaired) electrons. The fourth-order valence-corrected chi connectivity index (χ4v) is 5.36. The lowest BCUT2D eigenvalue weighted by atomic mass is 9.90. The number of aromatic hydroxyl groups is 2. The molecule has 4 nitrogen and oxygen atoms in total. The van der Waals surface area contributed by atoms with Crippen molar-refractivity contribution in [1.29, 1.82) is 0 Å². The predicted octanol–water partition coefficient (Wildman–Crippen LogP) is 9.16. The summed E-state index contributed by atoms with van der Waals surface area (Å²) in [5.41, 5.74) is 4.67. The Morgan fingerprint density at radius 1 is 0.475 bits per heavy atom. The van der Waals surface area contributed by atoms with Crippen LogP contribution in [0.3, 0.4) is 0 Å². The maximum Gasteiger partial charge on any atom is 0.124 e. The normalized spacial score (nSPS) is 12.0. The van der Waals surface area contributed by atoms with Crippen LogP contribution in [0.5, 0.6) is 11.5 Å². The van der Waals surface area contributed by atoms with Gasteiger partial charge < -0.3 is 10.2 Å². The maximum absolute atomic E-state index is 10.3. The molecule has 0 aliphatic rings. The number of nitrogens with zero attached hydrogens (tertiary/aromatic N) is 2. The van der Waals surface area contributed by atoms with Crippen molar-refractivity contribution in [3.63, 3.8) is 0 Å². The molecular formula is C36H24N2O2. The summed E-state index contributed by atoms with van der Waals surface area (Å²) in [5, 5.41) is 27.9. The van der Waals surface area contributed by atoms with E-state index in [1.165, 1.54) is 32.3 Å². The zero-order valence-electron chi connectivity index (χ0n) is 21.5. The number of hydrogen-bond acceptors (Lipinski definition) is 4. The van der Waals surface area contributed by atoms with Crippen molar-refractivity contribution in [2.45, 2.75) is 0 Å². The second-order valence-electron chi connectivity index (χ2n) is 9.81. The highest BCUT2D eigenvalue weighted by Gasteiger charge is 2.13. The van der Waals surface area contributed by atoms with Gasteiger partial charge in [-0.15, -0.1) is 0 Å². The molecule has 7 rings (SSSR count). The van der Waals surface area contributed by atoms with E-state index < -0.39 is 0 Å². The summed E-state index contributed by atoms with van der Waals surface area (Å²) in [4.78, 5) is 9.43. The molecule has 0 atom stereocenters. The third-order valence-electron chi connectivity index (χ3n) is 7.37. The molecule has 0 amide bonds. The van der Waals surface area contributed by atoms with Crippen LogP contribution in [-0.4, -0.2) is 22.6 Å². The Kier molecular flexibility index (Phi) is 5.72. The molecule has 0 fully saturated rings. The summed E-state index contributed by atoms with van der Waals surface area (Å²) in [6.07, 6.45) is 3.29. The van der Waals surface area contributed by atoms with Gasteiger partial charge in [0.2, 0.25) is 0 Å². The summed E-state index contributed by atoms with van der Waals surface area (Å²) < 4.78 is 0. The van der Waals surface area contributed by atoms with Gasteiger partial charge in [0.1, 0.15) is 11.5 Å². The fourth-order valence-electron chi connectivity index (χ4n) is 5.36. The van der Waals surface area contributed by atoms with E-state index in [2.05, 4.69) is 65.7 Å². The maximum atomic E-state index is 10.3. The second-order valence-corrected chi connectivity index (χ2v) is 9.81. The molecule has 0 spiro atoms. The first-order valence-corrected chi connectivity index (χ1v) is 13.1. The van der Waals surface area contributed by atoms with Crippen molar-refractivity contribution in [3.8, 4) is 22.6 Å². The van der Waals surface area contributed by atoms with Gasteiger partial charge in [0.05, 0.1) is 11.4 Å². The van der Waals surface area contributed by atoms with Crippen molar-refractivity contribution in [2.24, 2.45) is 9.98 Å². The van der Waals surface area contributed by atoms with E-state index in [0.29, 0.717) is 22.5 Å². The first kappa shape index (κ1) is 23.6. The minimum Gasteiger partial charge on any atom is -0.507 e. The molecule has 0 aliphatic carbocycles. The summed E-state index contributed by atoms with van der Waals surface area (Å²) >= 11 is 0. The third kappa shape index (κ3) is 4.12. The van der Waals surface area contributed by atoms with Crippen LogP contribution in [0.25, 0.3) is 43.4 Å². The molecule has 40 heavy (non-hydrogen) atoms. The van der Waals surface area contributed by atoms with E-state index >= 15 is 0 Å². The molecule has 190 valence electrons. The van der Waals surface area contributed by atoms with Crippen molar-refractivity contribution in [2.75, 3.05) is 0 Å². The van der Waals surface area contributed by atoms with Crippen LogP contribution in [0, 0.1) is 0 Å². The van der Waals surface area contributed by atoms with Gasteiger partial charge in [0.25, 0.3) is 0 Å². The van der Waals surface area contributed by atoms with Gasteiger partial charge in [0.15, 0.2) is 0 Å². The molecule has 7 aromatic rings. The van der Waals surface area contributed by atoms with Crippen molar-refractivity contribution in [3.05, 3.63) is 132 Å². The van der Waals surface area contributed by atoms with Crippen molar-refractivity contribution in [1.82, 2.24) is 0 Å². The average Bonchev–Trinajstić information content (AvgIpc) is 2.99. The van der Waals surface area contributed by atoms with Gasteiger partial charge in [0, 0.05) is 23.6 Å². The lowest BCUT2D eigenvalue weighted by molar-refractivity contribution is 0.474. The smallest absolute Gasteiger partial charge is 0.124 e. The van der Waals surface area contributed by atoms with Crippen LogP contribution in [0.4, 0.5) is 11.4 Å². The van der Waals surface area contributed by atoms with E-state index in [1.54, 1.807) is 36.7 Å². The molecule has 2 N–H and O–H groups in total. The molecule has 0 heterocycles. The first-order valence-electron chi connectivity index (χ1n) is 13.1. The topological polar surface area (TPSA) is 65.2 Å². The van der Waals surface area contributed by atoms with E-state index in [1.807, 2.05) is 36.4 Å². The molecule has 0 aromatic heterocycles. The third-order valence-corrected chi connectivity index (χ3v) is 7.37. The van der Waals surface area contributed by atoms with Gasteiger partial charge in [-0.1, -0.05) is 84.9 Å². The molecule has 0 saturated heterocycles. The lowest BCUT2D eigenvalue weighted by Crippen LogP contribution is -1.88. The van der Waals surface area contributed by atoms with Crippen LogP contribution >= 0.6 is 0 Å². The molecule has 0 aliphatic heterocycles. The quantitative estimate of drug-likeness (QED) is 0.177. The van der Waals surface area contributed by atoms with Gasteiger partial charge >= 0.3 is 0 Å². The van der Waals surface area contributed by atoms with E-state index in [-0.39, 0.29) is 11.5 Å². The Morgan fingerprint density at radius 2 is 1.05 bits per heavy atom. The lowest BCUT2D eigenvalue weighted by Gasteiger charge is -2.14. The second kappa shape index (κ2) is 9.68. The zero-order valence-corrected chi connectivity index (χ0v) is 21.5. The summed E-state index contributed by atoms with van der Waals surface area (Å²) in [7, 11) is 0. The highest BCUT2D eigenvalue weighted by atomic mass is 16.3. The Hall–Kier alpha value is -5.48. The van der Waals surface area contributed by atoms with Gasteiger partial charge in [-0.3, -0.25) is 9.98 Å². The van der Waals surface area contributed by atoms with Crippen LogP contribution < -0.4 is 0 Å². The minimum absolute atomic E-state index is 0.161. The van der Waals surface area contributed by atoms with Crippen LogP contribution in [0.1, 0.15) is 11.1 Å². The van der Waals surface area contributed by atoms with Crippen molar-refractivity contribution < 1.29 is 10.2 Å². The zero-order chi connectivity index (χ0) is 27.1. The van der Waals surface area contributed by atoms with Crippen LogP contribution in [-0.2, 0) is 0 Å². The minimum atomic E-state index is 0.161. The van der Waals surface area contributed by atoms with Crippen molar-refractivity contribution >= 4 is 56.1 Å². The summed E-state index contributed by atoms with van der Waals surface area (Å²) in [6, 6.07) is 39.7. The highest BCUT2D eigenvalue weighted by molar-refractivity contribution is 6.25. The Morgan fingerprint density at radius 3 is 1.73 bits per heavy atom. The fraction of sp³-hybridized carbons (Fsp3) is 0. The number of para-hydroxylation sites is 2. The highest BCUT2D eigenvalue weighted by Crippen LogP contribution is 2.41. The monoisotopic (exact) mass is 516 g/mol. The number of phenolic OH excluding ortho intramolecular Hbond substituents is 2. The average molecular weight is 517 g/mol. The molecule has 7 aromatic carbocycles. The van der Waals surface area contributed by atoms with E-state index in [9.17, 15) is 10.2 Å². The first-order chi connectivity index (χ1) is 19.7. The Bertz CT molecular complexity index is 2080. The van der Waals surface area contributed by atoms with Gasteiger partial charge in [-0.25, -0.2) is 0 Å². The number of benzene rings is 7. The molecule has 0 bridgehead atoms. The molecule has 0 unspecified atom stereocenters. The van der Waals surface area contributed by atoms with E-state index in [4.69, 9.17) is 4.99 Å². The SMILES string of the molecule is Oc1ccccc1C=Nc1ccc(-c2ccc3ccc4cccc5ccc2c3c45)cc1N=Cc1ccccc1O. The van der Waals surface area contributed by atoms with Crippen LogP contribution in [0.2, 0.25) is 0 Å². The number of phenols is 2. The number of rotatable bonds is 5. The van der Waals surface area contributed by atoms with Gasteiger partial charge in [-0.2, -0.15) is 0 Å². The summed E-state index contributed by atoms with van der Waals surface area (Å²) in [6.45, 7) is 0. The Labute approximate surface area is 231 Å². The van der Waals surface area contributed by atoms with E-state index in [0.717, 1.165) is 11.1 Å². The number of hydrogen-bond donors (Lipinski definition) is 2. The summed E-state index contributed by atoms with van der Waals surface area (Å²) in [5.74, 6) is 0.323. The predicted molar refractivity (Wildman–Crippen MR) is 166 cm³/mol. The van der Waals surface area contributed by atoms with Crippen LogP contribution in [0.15, 0.2) is 131 Å². The Balaban J connectivity index is 1.40. The standard InChI is InChI=1S/C36H24N2O2/c39-33-10-3-1-6-27(33)21-37-31-19-16-26(20-32(31)38-22-28-7-2-4-11-34(28)40)29-17-14-25-13-12-23-8-5-9-24-15-18-30(29)36(25)35(23)24/h1-22,39-40H. The molecular weight excluding hydrogens is 492 g/mol. The molecule has 0 saturated carbocycles. The number of aliphatic imine (C=N–C) groups is 2. The molecule has 4 heteroatoms.